The minimum atomic E-state index is -0.115. The number of thiophene rings is 1. The lowest BCUT2D eigenvalue weighted by atomic mass is 10.1. The predicted molar refractivity (Wildman–Crippen MR) is 112 cm³/mol. The zero-order valence-corrected chi connectivity index (χ0v) is 16.4. The second-order valence-electron chi connectivity index (χ2n) is 5.96. The van der Waals surface area contributed by atoms with Gasteiger partial charge in [-0.1, -0.05) is 51.8 Å². The number of nitrogens with zero attached hydrogens (tertiary/aromatic N) is 2. The number of hydrogen-bond donors (Lipinski definition) is 0. The summed E-state index contributed by atoms with van der Waals surface area (Å²) in [4.78, 5) is 20.5. The van der Waals surface area contributed by atoms with Crippen molar-refractivity contribution in [2.75, 3.05) is 4.90 Å². The Morgan fingerprint density at radius 1 is 1.04 bits per heavy atom. The molecule has 0 radical (unpaired) electrons. The average Bonchev–Trinajstić information content (AvgIpc) is 3.26. The highest BCUT2D eigenvalue weighted by Crippen LogP contribution is 2.29. The maximum absolute atomic E-state index is 13.1. The highest BCUT2D eigenvalue weighted by atomic mass is 79.9. The molecule has 2 aromatic carbocycles. The Morgan fingerprint density at radius 3 is 2.42 bits per heavy atom. The molecule has 0 bridgehead atoms. The number of amides is 1. The fraction of sp³-hybridized carbons (Fsp3) is 0.0476. The van der Waals surface area contributed by atoms with Gasteiger partial charge in [0.2, 0.25) is 0 Å². The summed E-state index contributed by atoms with van der Waals surface area (Å²) in [5.74, 6) is 0.538. The van der Waals surface area contributed by atoms with E-state index in [9.17, 15) is 4.79 Å². The van der Waals surface area contributed by atoms with Crippen molar-refractivity contribution in [1.29, 1.82) is 0 Å². The maximum Gasteiger partial charge on any atom is 0.282 e. The van der Waals surface area contributed by atoms with E-state index >= 15 is 0 Å². The first-order valence-corrected chi connectivity index (χ1v) is 9.80. The lowest BCUT2D eigenvalue weighted by molar-refractivity contribution is -0.113. The van der Waals surface area contributed by atoms with Crippen molar-refractivity contribution in [3.63, 3.8) is 0 Å². The van der Waals surface area contributed by atoms with E-state index in [1.807, 2.05) is 79.0 Å². The third-order valence-corrected chi connectivity index (χ3v) is 5.43. The number of benzene rings is 2. The predicted octanol–water partition coefficient (Wildman–Crippen LogP) is 5.65. The molecule has 0 fully saturated rings. The molecule has 4 rings (SSSR count). The first-order valence-electron chi connectivity index (χ1n) is 8.13. The molecule has 5 heteroatoms. The third kappa shape index (κ3) is 3.28. The van der Waals surface area contributed by atoms with Gasteiger partial charge in [0.1, 0.15) is 11.5 Å². The number of carbonyl (C=O) groups is 1. The van der Waals surface area contributed by atoms with Gasteiger partial charge in [0.15, 0.2) is 0 Å². The molecule has 0 spiro atoms. The molecule has 0 N–H and O–H groups in total. The van der Waals surface area contributed by atoms with E-state index in [2.05, 4.69) is 20.9 Å². The summed E-state index contributed by atoms with van der Waals surface area (Å²) >= 11 is 5.03. The first kappa shape index (κ1) is 16.9. The van der Waals surface area contributed by atoms with E-state index in [0.717, 1.165) is 20.6 Å². The van der Waals surface area contributed by atoms with Crippen molar-refractivity contribution in [3.05, 3.63) is 92.2 Å². The Labute approximate surface area is 164 Å². The summed E-state index contributed by atoms with van der Waals surface area (Å²) in [6.45, 7) is 2.04. The van der Waals surface area contributed by atoms with E-state index in [-0.39, 0.29) is 5.91 Å². The number of amidine groups is 1. The Hall–Kier alpha value is -2.50. The van der Waals surface area contributed by atoms with Gasteiger partial charge >= 0.3 is 0 Å². The van der Waals surface area contributed by atoms with Gasteiger partial charge in [-0.3, -0.25) is 9.69 Å². The van der Waals surface area contributed by atoms with Gasteiger partial charge < -0.3 is 0 Å². The minimum absolute atomic E-state index is 0.115. The van der Waals surface area contributed by atoms with E-state index in [4.69, 9.17) is 0 Å². The molecular formula is C21H15BrN2OS. The van der Waals surface area contributed by atoms with Crippen LogP contribution in [0.1, 0.15) is 16.0 Å². The summed E-state index contributed by atoms with van der Waals surface area (Å²) in [6, 6.07) is 19.7. The standard InChI is InChI=1S/C21H15BrN2OS/c1-14-4-6-15(7-5-14)20-23-19(13-18-3-2-12-26-18)21(25)24(20)17-10-8-16(22)9-11-17/h2-13H,1H3/b19-13+. The van der Waals surface area contributed by atoms with Crippen molar-refractivity contribution in [1.82, 2.24) is 0 Å². The molecule has 3 nitrogen and oxygen atoms in total. The minimum Gasteiger partial charge on any atom is -0.266 e. The second-order valence-corrected chi connectivity index (χ2v) is 7.86. The number of hydrogen-bond acceptors (Lipinski definition) is 3. The molecular weight excluding hydrogens is 408 g/mol. The van der Waals surface area contributed by atoms with Crippen LogP contribution in [0.2, 0.25) is 0 Å². The highest BCUT2D eigenvalue weighted by molar-refractivity contribution is 9.10. The van der Waals surface area contributed by atoms with Crippen LogP contribution in [0.25, 0.3) is 6.08 Å². The zero-order chi connectivity index (χ0) is 18.1. The quantitative estimate of drug-likeness (QED) is 0.501. The number of carbonyl (C=O) groups excluding carboxylic acids is 1. The molecule has 1 amide bonds. The van der Waals surface area contributed by atoms with Gasteiger partial charge in [-0.15, -0.1) is 11.3 Å². The van der Waals surface area contributed by atoms with E-state index in [1.165, 1.54) is 5.56 Å². The first-order chi connectivity index (χ1) is 12.6. The van der Waals surface area contributed by atoms with Gasteiger partial charge in [-0.25, -0.2) is 4.99 Å². The Kier molecular flexibility index (Phi) is 4.57. The Morgan fingerprint density at radius 2 is 1.77 bits per heavy atom. The molecule has 2 heterocycles. The molecule has 128 valence electrons. The van der Waals surface area contributed by atoms with E-state index in [1.54, 1.807) is 16.2 Å². The van der Waals surface area contributed by atoms with Gasteiger partial charge in [-0.2, -0.15) is 0 Å². The number of rotatable bonds is 3. The fourth-order valence-corrected chi connectivity index (χ4v) is 3.67. The molecule has 3 aromatic rings. The summed E-state index contributed by atoms with van der Waals surface area (Å²) in [6.07, 6.45) is 1.85. The van der Waals surface area contributed by atoms with Crippen LogP contribution in [0.3, 0.4) is 0 Å². The molecule has 0 saturated heterocycles. The molecule has 0 unspecified atom stereocenters. The molecule has 26 heavy (non-hydrogen) atoms. The smallest absolute Gasteiger partial charge is 0.266 e. The summed E-state index contributed by atoms with van der Waals surface area (Å²) in [7, 11) is 0. The largest absolute Gasteiger partial charge is 0.282 e. The van der Waals surface area contributed by atoms with Gasteiger partial charge in [0.25, 0.3) is 5.91 Å². The van der Waals surface area contributed by atoms with Crippen LogP contribution < -0.4 is 4.90 Å². The lowest BCUT2D eigenvalue weighted by Gasteiger charge is -2.18. The van der Waals surface area contributed by atoms with Crippen LogP contribution in [-0.2, 0) is 4.79 Å². The monoisotopic (exact) mass is 422 g/mol. The topological polar surface area (TPSA) is 32.7 Å². The van der Waals surface area contributed by atoms with Crippen molar-refractivity contribution in [2.24, 2.45) is 4.99 Å². The Balaban J connectivity index is 1.82. The summed E-state index contributed by atoms with van der Waals surface area (Å²) in [5, 5.41) is 1.99. The number of aryl methyl sites for hydroxylation is 1. The van der Waals surface area contributed by atoms with Crippen LogP contribution in [0.5, 0.6) is 0 Å². The lowest BCUT2D eigenvalue weighted by Crippen LogP contribution is -2.32. The van der Waals surface area contributed by atoms with Gasteiger partial charge in [0.05, 0.1) is 5.69 Å². The number of halogens is 1. The van der Waals surface area contributed by atoms with Crippen molar-refractivity contribution >= 4 is 50.8 Å². The average molecular weight is 423 g/mol. The SMILES string of the molecule is Cc1ccc(C2=N/C(=C/c3cccs3)C(=O)N2c2ccc(Br)cc2)cc1. The Bertz CT molecular complexity index is 1000. The molecule has 1 aliphatic heterocycles. The normalized spacial score (nSPS) is 15.6. The number of aliphatic imine (C=N–C) groups is 1. The van der Waals surface area contributed by atoms with Crippen molar-refractivity contribution in [3.8, 4) is 0 Å². The molecule has 1 aliphatic rings. The fourth-order valence-electron chi connectivity index (χ4n) is 2.75. The number of anilines is 1. The van der Waals surface area contributed by atoms with E-state index < -0.39 is 0 Å². The van der Waals surface area contributed by atoms with Crippen LogP contribution >= 0.6 is 27.3 Å². The van der Waals surface area contributed by atoms with Crippen molar-refractivity contribution < 1.29 is 4.79 Å². The summed E-state index contributed by atoms with van der Waals surface area (Å²) in [5.41, 5.74) is 3.34. The van der Waals surface area contributed by atoms with Crippen LogP contribution in [0.15, 0.2) is 81.2 Å². The van der Waals surface area contributed by atoms with Gasteiger partial charge in [-0.05, 0) is 48.7 Å². The highest BCUT2D eigenvalue weighted by Gasteiger charge is 2.32. The van der Waals surface area contributed by atoms with Gasteiger partial charge in [0, 0.05) is 14.9 Å². The molecule has 0 atom stereocenters. The molecule has 1 aromatic heterocycles. The van der Waals surface area contributed by atoms with E-state index in [0.29, 0.717) is 11.5 Å². The molecule has 0 saturated carbocycles. The van der Waals surface area contributed by atoms with Crippen LogP contribution in [-0.4, -0.2) is 11.7 Å². The molecule has 0 aliphatic carbocycles. The third-order valence-electron chi connectivity index (χ3n) is 4.08. The zero-order valence-electron chi connectivity index (χ0n) is 14.0. The van der Waals surface area contributed by atoms with Crippen LogP contribution in [0, 0.1) is 6.92 Å². The van der Waals surface area contributed by atoms with Crippen molar-refractivity contribution in [2.45, 2.75) is 6.92 Å². The van der Waals surface area contributed by atoms with Crippen LogP contribution in [0.4, 0.5) is 5.69 Å². The summed E-state index contributed by atoms with van der Waals surface area (Å²) < 4.78 is 0.969. The second kappa shape index (κ2) is 7.02. The maximum atomic E-state index is 13.1.